The first-order chi connectivity index (χ1) is 40.9. The van der Waals surface area contributed by atoms with E-state index in [1.807, 2.05) is 33.3 Å². The van der Waals surface area contributed by atoms with Crippen LogP contribution in [0.15, 0.2) is 97.2 Å². The number of unbranched alkanes of at least 4 members (excludes halogenated alkanes) is 33. The summed E-state index contributed by atoms with van der Waals surface area (Å²) in [5, 5.41) is 3.07. The number of phosphoric acid groups is 1. The van der Waals surface area contributed by atoms with Crippen molar-refractivity contribution < 1.29 is 37.3 Å². The molecule has 84 heavy (non-hydrogen) atoms. The van der Waals surface area contributed by atoms with Gasteiger partial charge < -0.3 is 19.4 Å². The number of hydrogen-bond donors (Lipinski definition) is 2. The lowest BCUT2D eigenvalue weighted by molar-refractivity contribution is -0.870. The second-order valence-electron chi connectivity index (χ2n) is 24.7. The molecule has 10 heteroatoms. The number of nitrogens with zero attached hydrogens (tertiary/aromatic N) is 1. The molecule has 9 nitrogen and oxygen atoms in total. The van der Waals surface area contributed by atoms with Gasteiger partial charge in [-0.15, -0.1) is 0 Å². The highest BCUT2D eigenvalue weighted by Gasteiger charge is 2.30. The van der Waals surface area contributed by atoms with Crippen LogP contribution >= 0.6 is 7.82 Å². The monoisotopic (exact) mass is 1190 g/mol. The second-order valence-corrected chi connectivity index (χ2v) is 26.1. The standard InChI is InChI=1S/C74H133N2O7P/c1-7-10-13-16-19-22-25-28-30-32-34-36-37-38-39-41-42-44-46-48-51-54-57-60-63-66-73(77)75-71(70-82-84(79,80)81-69-68-76(4,5)6)72(65-62-59-56-53-50-27-24-21-18-15-12-9-3)83-74(78)67-64-61-58-55-52-49-47-45-43-40-35-33-31-29-26-23-20-17-14-11-8-2/h10,13,19-20,22-23,28-31,34,36,38-39,62,65,71-72H,7-9,11-12,14-18,21,24-27,32-33,35,37,40-61,63-64,66-70H2,1-6H3,(H-,75,77,79,80)/p+1/b13-10-,22-19-,23-20-,30-28-,31-29-,36-34-,39-38-,65-62-. The van der Waals surface area contributed by atoms with E-state index >= 15 is 0 Å². The molecular weight excluding hydrogens is 1060 g/mol. The summed E-state index contributed by atoms with van der Waals surface area (Å²) in [6.45, 7) is 6.89. The Morgan fingerprint density at radius 1 is 0.429 bits per heavy atom. The van der Waals surface area contributed by atoms with Crippen molar-refractivity contribution in [3.05, 3.63) is 97.2 Å². The Hall–Kier alpha value is -3.07. The van der Waals surface area contributed by atoms with Gasteiger partial charge in [0.15, 0.2) is 0 Å². The molecule has 0 aromatic rings. The molecule has 0 rings (SSSR count). The van der Waals surface area contributed by atoms with Crippen molar-refractivity contribution in [2.45, 2.75) is 322 Å². The molecule has 0 aromatic heterocycles. The molecule has 0 bridgehead atoms. The van der Waals surface area contributed by atoms with E-state index in [0.717, 1.165) is 109 Å². The third-order valence-corrected chi connectivity index (χ3v) is 16.2. The van der Waals surface area contributed by atoms with E-state index in [1.165, 1.54) is 167 Å². The molecule has 0 aliphatic heterocycles. The van der Waals surface area contributed by atoms with Crippen LogP contribution in [0.1, 0.15) is 310 Å². The minimum atomic E-state index is -4.46. The maximum atomic E-state index is 13.6. The number of phosphoric ester groups is 1. The summed E-state index contributed by atoms with van der Waals surface area (Å²) in [5.41, 5.74) is 0. The van der Waals surface area contributed by atoms with E-state index in [4.69, 9.17) is 13.8 Å². The fourth-order valence-corrected chi connectivity index (χ4v) is 10.6. The Morgan fingerprint density at radius 3 is 1.17 bits per heavy atom. The molecule has 0 heterocycles. The number of rotatable bonds is 63. The molecule has 0 fully saturated rings. The molecule has 2 N–H and O–H groups in total. The van der Waals surface area contributed by atoms with E-state index in [1.54, 1.807) is 0 Å². The van der Waals surface area contributed by atoms with Gasteiger partial charge in [0, 0.05) is 12.8 Å². The summed E-state index contributed by atoms with van der Waals surface area (Å²) in [6, 6.07) is -0.858. The fraction of sp³-hybridized carbons (Fsp3) is 0.757. The highest BCUT2D eigenvalue weighted by molar-refractivity contribution is 7.47. The number of carbonyl (C=O) groups is 2. The van der Waals surface area contributed by atoms with Gasteiger partial charge >= 0.3 is 13.8 Å². The summed E-state index contributed by atoms with van der Waals surface area (Å²) in [5.74, 6) is -0.511. The first-order valence-electron chi connectivity index (χ1n) is 35.1. The summed E-state index contributed by atoms with van der Waals surface area (Å²) in [7, 11) is 1.49. The second kappa shape index (κ2) is 63.0. The van der Waals surface area contributed by atoms with Crippen LogP contribution in [0.5, 0.6) is 0 Å². The number of quaternary nitrogens is 1. The van der Waals surface area contributed by atoms with Gasteiger partial charge in [-0.3, -0.25) is 18.6 Å². The van der Waals surface area contributed by atoms with Gasteiger partial charge in [0.1, 0.15) is 19.3 Å². The van der Waals surface area contributed by atoms with Gasteiger partial charge in [-0.2, -0.15) is 0 Å². The van der Waals surface area contributed by atoms with Crippen molar-refractivity contribution in [3.63, 3.8) is 0 Å². The smallest absolute Gasteiger partial charge is 0.456 e. The van der Waals surface area contributed by atoms with Crippen LogP contribution in [0.4, 0.5) is 0 Å². The lowest BCUT2D eigenvalue weighted by Gasteiger charge is -2.27. The zero-order valence-electron chi connectivity index (χ0n) is 55.6. The van der Waals surface area contributed by atoms with Gasteiger partial charge in [0.05, 0.1) is 33.8 Å². The molecule has 0 spiro atoms. The van der Waals surface area contributed by atoms with Gasteiger partial charge in [-0.1, -0.05) is 285 Å². The van der Waals surface area contributed by atoms with Crippen molar-refractivity contribution in [1.29, 1.82) is 0 Å². The quantitative estimate of drug-likeness (QED) is 0.0205. The van der Waals surface area contributed by atoms with Gasteiger partial charge in [-0.05, 0) is 109 Å². The van der Waals surface area contributed by atoms with E-state index < -0.39 is 20.0 Å². The number of allylic oxidation sites excluding steroid dienone is 15. The number of ether oxygens (including phenoxy) is 1. The number of hydrogen-bond acceptors (Lipinski definition) is 6. The van der Waals surface area contributed by atoms with Crippen molar-refractivity contribution >= 4 is 19.7 Å². The molecule has 0 aromatic carbocycles. The molecule has 486 valence electrons. The van der Waals surface area contributed by atoms with Crippen LogP contribution < -0.4 is 5.32 Å². The highest BCUT2D eigenvalue weighted by Crippen LogP contribution is 2.43. The zero-order chi connectivity index (χ0) is 61.4. The predicted octanol–water partition coefficient (Wildman–Crippen LogP) is 22.3. The molecule has 0 aliphatic carbocycles. The lowest BCUT2D eigenvalue weighted by Crippen LogP contribution is -2.47. The number of esters is 1. The highest BCUT2D eigenvalue weighted by atomic mass is 31.2. The van der Waals surface area contributed by atoms with E-state index in [2.05, 4.69) is 111 Å². The van der Waals surface area contributed by atoms with Crippen LogP contribution in [-0.2, 0) is 27.9 Å². The van der Waals surface area contributed by atoms with Crippen molar-refractivity contribution in [2.75, 3.05) is 40.9 Å². The minimum Gasteiger partial charge on any atom is -0.456 e. The Bertz CT molecular complexity index is 1760. The number of amides is 1. The van der Waals surface area contributed by atoms with Crippen molar-refractivity contribution in [3.8, 4) is 0 Å². The third-order valence-electron chi connectivity index (χ3n) is 15.3. The maximum Gasteiger partial charge on any atom is 0.472 e. The zero-order valence-corrected chi connectivity index (χ0v) is 56.5. The van der Waals surface area contributed by atoms with Gasteiger partial charge in [0.25, 0.3) is 0 Å². The van der Waals surface area contributed by atoms with E-state index in [0.29, 0.717) is 17.4 Å². The number of carbonyl (C=O) groups excluding carboxylic acids is 2. The minimum absolute atomic E-state index is 0.0352. The molecule has 3 unspecified atom stereocenters. The maximum absolute atomic E-state index is 13.6. The lowest BCUT2D eigenvalue weighted by atomic mass is 10.0. The van der Waals surface area contributed by atoms with Crippen LogP contribution in [0.25, 0.3) is 0 Å². The SMILES string of the molecule is CC/C=C\C/C=C\C/C=C\C/C=C\C/C=C\CCCCCCCCCCCC(=O)NC(COP(=O)(O)OCC[N+](C)(C)C)C(/C=C\CCCCCCCCCCCC)OC(=O)CCCCCCCCCCCCC/C=C\C/C=C\CCCCC. The third kappa shape index (κ3) is 63.4. The number of likely N-dealkylation sites (N-methyl/N-ethyl adjacent to an activating group) is 1. The van der Waals surface area contributed by atoms with Crippen LogP contribution in [0.3, 0.4) is 0 Å². The largest absolute Gasteiger partial charge is 0.472 e. The predicted molar refractivity (Wildman–Crippen MR) is 364 cm³/mol. The Kier molecular flexibility index (Phi) is 60.7. The number of nitrogens with one attached hydrogen (secondary N) is 1. The molecule has 0 saturated carbocycles. The first kappa shape index (κ1) is 80.9. The first-order valence-corrected chi connectivity index (χ1v) is 36.6. The van der Waals surface area contributed by atoms with Crippen LogP contribution in [-0.4, -0.2) is 74.3 Å². The average molecular weight is 1190 g/mol. The summed E-state index contributed by atoms with van der Waals surface area (Å²) in [6.07, 6.45) is 85.5. The Labute approximate surface area is 519 Å². The molecule has 1 amide bonds. The fourth-order valence-electron chi connectivity index (χ4n) is 9.88. The topological polar surface area (TPSA) is 111 Å². The van der Waals surface area contributed by atoms with E-state index in [-0.39, 0.29) is 31.5 Å². The molecular formula is C74H134N2O7P+. The van der Waals surface area contributed by atoms with E-state index in [9.17, 15) is 19.0 Å². The normalized spacial score (nSPS) is 14.1. The van der Waals surface area contributed by atoms with Crippen molar-refractivity contribution in [2.24, 2.45) is 0 Å². The van der Waals surface area contributed by atoms with Gasteiger partial charge in [-0.25, -0.2) is 4.57 Å². The van der Waals surface area contributed by atoms with Gasteiger partial charge in [0.2, 0.25) is 5.91 Å². The Balaban J connectivity index is 5.11. The molecule has 0 saturated heterocycles. The van der Waals surface area contributed by atoms with Crippen LogP contribution in [0.2, 0.25) is 0 Å². The summed E-state index contributed by atoms with van der Waals surface area (Å²) in [4.78, 5) is 37.9. The van der Waals surface area contributed by atoms with Crippen LogP contribution in [0, 0.1) is 0 Å². The Morgan fingerprint density at radius 2 is 0.762 bits per heavy atom. The molecule has 3 atom stereocenters. The molecule has 0 radical (unpaired) electrons. The molecule has 0 aliphatic rings. The summed E-state index contributed by atoms with van der Waals surface area (Å²) >= 11 is 0. The average Bonchev–Trinajstić information content (AvgIpc) is 3.64. The van der Waals surface area contributed by atoms with Crippen molar-refractivity contribution in [1.82, 2.24) is 5.32 Å². The summed E-state index contributed by atoms with van der Waals surface area (Å²) < 4.78 is 30.8.